The van der Waals surface area contributed by atoms with E-state index in [0.29, 0.717) is 11.4 Å². The SMILES string of the molecule is Cc1cccc(NC(=O)COC(=O)c2cccc(N3C(=O)CCC3=O)c2)c1C. The number of aryl methyl sites for hydroxylation is 1. The quantitative estimate of drug-likeness (QED) is 0.636. The van der Waals surface area contributed by atoms with Crippen LogP contribution in [0.3, 0.4) is 0 Å². The van der Waals surface area contributed by atoms with Crippen LogP contribution in [0.25, 0.3) is 0 Å². The molecule has 3 rings (SSSR count). The fourth-order valence-electron chi connectivity index (χ4n) is 2.92. The highest BCUT2D eigenvalue weighted by Crippen LogP contribution is 2.23. The first-order valence-corrected chi connectivity index (χ1v) is 8.86. The van der Waals surface area contributed by atoms with Gasteiger partial charge >= 0.3 is 5.97 Å². The van der Waals surface area contributed by atoms with Crippen LogP contribution in [0.1, 0.15) is 34.3 Å². The van der Waals surface area contributed by atoms with Crippen LogP contribution in [0.2, 0.25) is 0 Å². The zero-order chi connectivity index (χ0) is 20.3. The monoisotopic (exact) mass is 380 g/mol. The highest BCUT2D eigenvalue weighted by Gasteiger charge is 2.30. The molecule has 28 heavy (non-hydrogen) atoms. The third kappa shape index (κ3) is 4.09. The van der Waals surface area contributed by atoms with E-state index in [-0.39, 0.29) is 30.2 Å². The molecule has 1 fully saturated rings. The van der Waals surface area contributed by atoms with Gasteiger partial charge in [0.05, 0.1) is 11.3 Å². The van der Waals surface area contributed by atoms with Crippen molar-refractivity contribution < 1.29 is 23.9 Å². The van der Waals surface area contributed by atoms with Gasteiger partial charge in [0.15, 0.2) is 6.61 Å². The highest BCUT2D eigenvalue weighted by atomic mass is 16.5. The van der Waals surface area contributed by atoms with E-state index >= 15 is 0 Å². The van der Waals surface area contributed by atoms with E-state index in [1.165, 1.54) is 12.1 Å². The topological polar surface area (TPSA) is 92.8 Å². The standard InChI is InChI=1S/C21H20N2O5/c1-13-5-3-8-17(14(13)2)22-18(24)12-28-21(27)15-6-4-7-16(11-15)23-19(25)9-10-20(23)26/h3-8,11H,9-10,12H2,1-2H3,(H,22,24). The molecule has 0 atom stereocenters. The Bertz CT molecular complexity index is 951. The Balaban J connectivity index is 1.63. The van der Waals surface area contributed by atoms with Crippen LogP contribution in [0.15, 0.2) is 42.5 Å². The van der Waals surface area contributed by atoms with Crippen LogP contribution in [0, 0.1) is 13.8 Å². The molecule has 0 unspecified atom stereocenters. The Morgan fingerprint density at radius 1 is 1.04 bits per heavy atom. The minimum atomic E-state index is -0.711. The molecule has 0 saturated carbocycles. The number of nitrogens with one attached hydrogen (secondary N) is 1. The molecular weight excluding hydrogens is 360 g/mol. The van der Waals surface area contributed by atoms with Crippen LogP contribution >= 0.6 is 0 Å². The molecule has 3 amide bonds. The van der Waals surface area contributed by atoms with Gasteiger partial charge in [-0.2, -0.15) is 0 Å². The van der Waals surface area contributed by atoms with Crippen molar-refractivity contribution in [2.45, 2.75) is 26.7 Å². The number of benzene rings is 2. The number of carbonyl (C=O) groups excluding carboxylic acids is 4. The van der Waals surface area contributed by atoms with E-state index in [1.807, 2.05) is 26.0 Å². The fourth-order valence-corrected chi connectivity index (χ4v) is 2.92. The summed E-state index contributed by atoms with van der Waals surface area (Å²) in [7, 11) is 0. The summed E-state index contributed by atoms with van der Waals surface area (Å²) in [6.07, 6.45) is 0.318. The van der Waals surface area contributed by atoms with E-state index < -0.39 is 18.5 Å². The van der Waals surface area contributed by atoms with Crippen molar-refractivity contribution in [3.63, 3.8) is 0 Å². The summed E-state index contributed by atoms with van der Waals surface area (Å²) in [5.41, 5.74) is 3.12. The molecule has 1 N–H and O–H groups in total. The normalized spacial score (nSPS) is 13.6. The van der Waals surface area contributed by atoms with E-state index in [4.69, 9.17) is 4.74 Å². The van der Waals surface area contributed by atoms with E-state index in [1.54, 1.807) is 18.2 Å². The predicted molar refractivity (Wildman–Crippen MR) is 103 cm³/mol. The highest BCUT2D eigenvalue weighted by molar-refractivity contribution is 6.20. The van der Waals surface area contributed by atoms with Crippen molar-refractivity contribution in [3.05, 3.63) is 59.2 Å². The van der Waals surface area contributed by atoms with Gasteiger partial charge in [-0.25, -0.2) is 4.79 Å². The van der Waals surface area contributed by atoms with Gasteiger partial charge < -0.3 is 10.1 Å². The molecular formula is C21H20N2O5. The van der Waals surface area contributed by atoms with Gasteiger partial charge in [-0.1, -0.05) is 18.2 Å². The summed E-state index contributed by atoms with van der Waals surface area (Å²) in [6.45, 7) is 3.38. The third-order valence-corrected chi connectivity index (χ3v) is 4.60. The van der Waals surface area contributed by atoms with Crippen molar-refractivity contribution in [3.8, 4) is 0 Å². The molecule has 0 spiro atoms. The largest absolute Gasteiger partial charge is 0.452 e. The smallest absolute Gasteiger partial charge is 0.338 e. The van der Waals surface area contributed by atoms with Gasteiger partial charge in [0.25, 0.3) is 5.91 Å². The van der Waals surface area contributed by atoms with Gasteiger partial charge in [-0.15, -0.1) is 0 Å². The average molecular weight is 380 g/mol. The third-order valence-electron chi connectivity index (χ3n) is 4.60. The molecule has 144 valence electrons. The summed E-state index contributed by atoms with van der Waals surface area (Å²) in [5, 5.41) is 2.71. The van der Waals surface area contributed by atoms with Gasteiger partial charge in [-0.3, -0.25) is 19.3 Å². The van der Waals surface area contributed by atoms with Crippen molar-refractivity contribution in [2.75, 3.05) is 16.8 Å². The van der Waals surface area contributed by atoms with Gasteiger partial charge in [0.2, 0.25) is 11.8 Å². The molecule has 0 radical (unpaired) electrons. The first kappa shape index (κ1) is 19.3. The maximum atomic E-state index is 12.3. The van der Waals surface area contributed by atoms with Crippen molar-refractivity contribution in [2.24, 2.45) is 0 Å². The average Bonchev–Trinajstić information content (AvgIpc) is 3.02. The van der Waals surface area contributed by atoms with E-state index in [9.17, 15) is 19.2 Å². The van der Waals surface area contributed by atoms with Crippen LogP contribution < -0.4 is 10.2 Å². The summed E-state index contributed by atoms with van der Waals surface area (Å²) >= 11 is 0. The summed E-state index contributed by atoms with van der Waals surface area (Å²) in [5.74, 6) is -1.77. The van der Waals surface area contributed by atoms with E-state index in [0.717, 1.165) is 16.0 Å². The van der Waals surface area contributed by atoms with Crippen molar-refractivity contribution in [1.29, 1.82) is 0 Å². The summed E-state index contributed by atoms with van der Waals surface area (Å²) < 4.78 is 5.06. The Labute approximate surface area is 162 Å². The fraction of sp³-hybridized carbons (Fsp3) is 0.238. The number of hydrogen-bond donors (Lipinski definition) is 1. The van der Waals surface area contributed by atoms with Crippen LogP contribution in [0.4, 0.5) is 11.4 Å². The Morgan fingerprint density at radius 3 is 2.43 bits per heavy atom. The minimum Gasteiger partial charge on any atom is -0.452 e. The van der Waals surface area contributed by atoms with Crippen molar-refractivity contribution >= 4 is 35.1 Å². The van der Waals surface area contributed by atoms with Crippen molar-refractivity contribution in [1.82, 2.24) is 0 Å². The van der Waals surface area contributed by atoms with E-state index in [2.05, 4.69) is 5.32 Å². The molecule has 0 aliphatic carbocycles. The molecule has 2 aromatic rings. The first-order valence-electron chi connectivity index (χ1n) is 8.86. The summed E-state index contributed by atoms with van der Waals surface area (Å²) in [4.78, 5) is 49.1. The Kier molecular flexibility index (Phi) is 5.54. The predicted octanol–water partition coefficient (Wildman–Crippen LogP) is 2.75. The lowest BCUT2D eigenvalue weighted by Gasteiger charge is -2.14. The van der Waals surface area contributed by atoms with Crippen LogP contribution in [-0.4, -0.2) is 30.3 Å². The Hall–Kier alpha value is -3.48. The van der Waals surface area contributed by atoms with Crippen LogP contribution in [0.5, 0.6) is 0 Å². The van der Waals surface area contributed by atoms with Gasteiger partial charge in [-0.05, 0) is 49.2 Å². The number of hydrogen-bond acceptors (Lipinski definition) is 5. The second-order valence-corrected chi connectivity index (χ2v) is 6.54. The molecule has 1 aliphatic heterocycles. The van der Waals surface area contributed by atoms with Crippen LogP contribution in [-0.2, 0) is 19.1 Å². The molecule has 1 saturated heterocycles. The van der Waals surface area contributed by atoms with Gasteiger partial charge in [0, 0.05) is 18.5 Å². The molecule has 0 aromatic heterocycles. The number of esters is 1. The maximum absolute atomic E-state index is 12.3. The molecule has 2 aromatic carbocycles. The number of imide groups is 1. The number of rotatable bonds is 5. The number of amides is 3. The number of nitrogens with zero attached hydrogens (tertiary/aromatic N) is 1. The second-order valence-electron chi connectivity index (χ2n) is 6.54. The number of ether oxygens (including phenoxy) is 1. The Morgan fingerprint density at radius 2 is 1.71 bits per heavy atom. The van der Waals surface area contributed by atoms with Gasteiger partial charge in [0.1, 0.15) is 0 Å². The number of carbonyl (C=O) groups is 4. The zero-order valence-corrected chi connectivity index (χ0v) is 15.7. The maximum Gasteiger partial charge on any atom is 0.338 e. The minimum absolute atomic E-state index is 0.157. The molecule has 7 nitrogen and oxygen atoms in total. The molecule has 0 bridgehead atoms. The number of anilines is 2. The lowest BCUT2D eigenvalue weighted by molar-refractivity contribution is -0.121. The molecule has 1 aliphatic rings. The molecule has 1 heterocycles. The molecule has 7 heteroatoms. The second kappa shape index (κ2) is 8.04. The summed E-state index contributed by atoms with van der Waals surface area (Å²) in [6, 6.07) is 11.6. The lowest BCUT2D eigenvalue weighted by Crippen LogP contribution is -2.28. The first-order chi connectivity index (χ1) is 13.4. The lowest BCUT2D eigenvalue weighted by atomic mass is 10.1. The zero-order valence-electron chi connectivity index (χ0n) is 15.7.